The van der Waals surface area contributed by atoms with E-state index in [1.54, 1.807) is 19.5 Å². The van der Waals surface area contributed by atoms with E-state index in [-0.39, 0.29) is 6.04 Å². The highest BCUT2D eigenvalue weighted by atomic mass is 16.5. The van der Waals surface area contributed by atoms with Crippen LogP contribution in [0.15, 0.2) is 30.9 Å². The Morgan fingerprint density at radius 2 is 2.23 bits per heavy atom. The van der Waals surface area contributed by atoms with Gasteiger partial charge in [0.15, 0.2) is 5.65 Å². The van der Waals surface area contributed by atoms with Crippen LogP contribution in [0.3, 0.4) is 0 Å². The Hall–Kier alpha value is -2.54. The number of fused-ring (bicyclic) bond motifs is 1. The van der Waals surface area contributed by atoms with E-state index in [1.807, 2.05) is 22.9 Å². The van der Waals surface area contributed by atoms with Gasteiger partial charge in [-0.1, -0.05) is 6.92 Å². The van der Waals surface area contributed by atoms with Crippen molar-refractivity contribution in [3.8, 4) is 17.3 Å². The van der Waals surface area contributed by atoms with Crippen molar-refractivity contribution in [1.29, 1.82) is 0 Å². The minimum Gasteiger partial charge on any atom is -0.478 e. The summed E-state index contributed by atoms with van der Waals surface area (Å²) in [5.41, 5.74) is 3.14. The predicted octanol–water partition coefficient (Wildman–Crippen LogP) is 1.87. The summed E-state index contributed by atoms with van der Waals surface area (Å²) in [7, 11) is 1.58. The van der Waals surface area contributed by atoms with Gasteiger partial charge >= 0.3 is 0 Å². The van der Waals surface area contributed by atoms with Gasteiger partial charge in [-0.05, 0) is 25.1 Å². The third-order valence-electron chi connectivity index (χ3n) is 3.49. The minimum atomic E-state index is 0.207. The molecule has 0 bridgehead atoms. The number of methoxy groups -OCH3 is 1. The number of rotatable bonds is 5. The van der Waals surface area contributed by atoms with Crippen molar-refractivity contribution in [2.24, 2.45) is 0 Å². The summed E-state index contributed by atoms with van der Waals surface area (Å²) in [5, 5.41) is 11.6. The molecule has 0 amide bonds. The van der Waals surface area contributed by atoms with Crippen molar-refractivity contribution in [1.82, 2.24) is 29.9 Å². The number of imidazole rings is 1. The summed E-state index contributed by atoms with van der Waals surface area (Å²) in [4.78, 5) is 8.70. The molecular formula is C15H18N6O. The SMILES string of the molecule is CCNC(C)c1cnnc(-c2cn3ccnc3c(OC)n2)c1. The Morgan fingerprint density at radius 3 is 3.00 bits per heavy atom. The molecule has 0 spiro atoms. The largest absolute Gasteiger partial charge is 0.478 e. The van der Waals surface area contributed by atoms with Crippen molar-refractivity contribution in [2.75, 3.05) is 13.7 Å². The summed E-state index contributed by atoms with van der Waals surface area (Å²) in [6.45, 7) is 5.06. The zero-order valence-electron chi connectivity index (χ0n) is 12.8. The summed E-state index contributed by atoms with van der Waals surface area (Å²) < 4.78 is 7.17. The second kappa shape index (κ2) is 6.07. The monoisotopic (exact) mass is 298 g/mol. The van der Waals surface area contributed by atoms with Gasteiger partial charge in [-0.3, -0.25) is 0 Å². The molecule has 114 valence electrons. The van der Waals surface area contributed by atoms with Crippen LogP contribution < -0.4 is 10.1 Å². The van der Waals surface area contributed by atoms with Gasteiger partial charge < -0.3 is 14.5 Å². The van der Waals surface area contributed by atoms with Gasteiger partial charge in [0, 0.05) is 24.6 Å². The van der Waals surface area contributed by atoms with Crippen molar-refractivity contribution in [2.45, 2.75) is 19.9 Å². The van der Waals surface area contributed by atoms with Crippen LogP contribution in [0.5, 0.6) is 5.88 Å². The third kappa shape index (κ3) is 2.62. The molecule has 7 heteroatoms. The fourth-order valence-electron chi connectivity index (χ4n) is 2.33. The molecular weight excluding hydrogens is 280 g/mol. The van der Waals surface area contributed by atoms with Crippen LogP contribution in [0.1, 0.15) is 25.5 Å². The van der Waals surface area contributed by atoms with E-state index in [9.17, 15) is 0 Å². The van der Waals surface area contributed by atoms with Crippen LogP contribution >= 0.6 is 0 Å². The molecule has 0 saturated heterocycles. The molecule has 0 aliphatic carbocycles. The maximum Gasteiger partial charge on any atom is 0.258 e. The molecule has 7 nitrogen and oxygen atoms in total. The quantitative estimate of drug-likeness (QED) is 0.775. The maximum absolute atomic E-state index is 5.31. The molecule has 1 atom stereocenters. The maximum atomic E-state index is 5.31. The molecule has 0 saturated carbocycles. The first kappa shape index (κ1) is 14.4. The smallest absolute Gasteiger partial charge is 0.258 e. The standard InChI is InChI=1S/C15H18N6O/c1-4-16-10(2)11-7-12(20-18-8-11)13-9-21-6-5-17-14(21)15(19-13)22-3/h5-10,16H,4H2,1-3H3. The molecule has 3 aromatic rings. The van der Waals surface area contributed by atoms with Gasteiger partial charge in [0.1, 0.15) is 11.4 Å². The average Bonchev–Trinajstić information content (AvgIpc) is 3.02. The summed E-state index contributed by atoms with van der Waals surface area (Å²) in [6, 6.07) is 2.20. The van der Waals surface area contributed by atoms with Crippen molar-refractivity contribution < 1.29 is 4.74 Å². The zero-order chi connectivity index (χ0) is 15.5. The third-order valence-corrected chi connectivity index (χ3v) is 3.49. The predicted molar refractivity (Wildman–Crippen MR) is 82.7 cm³/mol. The lowest BCUT2D eigenvalue weighted by Crippen LogP contribution is -2.18. The minimum absolute atomic E-state index is 0.207. The van der Waals surface area contributed by atoms with Crippen LogP contribution in [0.4, 0.5) is 0 Å². The van der Waals surface area contributed by atoms with Gasteiger partial charge in [-0.2, -0.15) is 5.10 Å². The Kier molecular flexibility index (Phi) is 3.97. The Morgan fingerprint density at radius 1 is 1.36 bits per heavy atom. The van der Waals surface area contributed by atoms with Crippen LogP contribution in [0.25, 0.3) is 17.0 Å². The molecule has 1 unspecified atom stereocenters. The summed E-state index contributed by atoms with van der Waals surface area (Å²) >= 11 is 0. The fourth-order valence-corrected chi connectivity index (χ4v) is 2.33. The second-order valence-corrected chi connectivity index (χ2v) is 4.95. The van der Waals surface area contributed by atoms with Gasteiger partial charge in [0.05, 0.1) is 13.3 Å². The summed E-state index contributed by atoms with van der Waals surface area (Å²) in [6.07, 6.45) is 7.20. The normalized spacial score (nSPS) is 12.5. The molecule has 3 heterocycles. The fraction of sp³-hybridized carbons (Fsp3) is 0.333. The highest BCUT2D eigenvalue weighted by molar-refractivity contribution is 5.60. The Balaban J connectivity index is 2.05. The Bertz CT molecular complexity index is 785. The first-order valence-electron chi connectivity index (χ1n) is 7.17. The lowest BCUT2D eigenvalue weighted by molar-refractivity contribution is 0.400. The van der Waals surface area contributed by atoms with E-state index >= 15 is 0 Å². The Labute approximate surface area is 128 Å². The number of hydrogen-bond donors (Lipinski definition) is 1. The zero-order valence-corrected chi connectivity index (χ0v) is 12.8. The first-order valence-corrected chi connectivity index (χ1v) is 7.17. The molecule has 1 N–H and O–H groups in total. The highest BCUT2D eigenvalue weighted by Crippen LogP contribution is 2.23. The van der Waals surface area contributed by atoms with Crippen LogP contribution in [-0.2, 0) is 0 Å². The van der Waals surface area contributed by atoms with E-state index in [4.69, 9.17) is 4.74 Å². The van der Waals surface area contributed by atoms with Gasteiger partial charge in [-0.15, -0.1) is 5.10 Å². The van der Waals surface area contributed by atoms with Gasteiger partial charge in [-0.25, -0.2) is 9.97 Å². The van der Waals surface area contributed by atoms with Gasteiger partial charge in [0.2, 0.25) is 0 Å². The molecule has 0 aliphatic heterocycles. The van der Waals surface area contributed by atoms with Crippen molar-refractivity contribution in [3.63, 3.8) is 0 Å². The number of nitrogens with one attached hydrogen (secondary N) is 1. The van der Waals surface area contributed by atoms with E-state index in [1.165, 1.54) is 0 Å². The molecule has 0 aromatic carbocycles. The molecule has 3 rings (SSSR count). The number of ether oxygens (including phenoxy) is 1. The van der Waals surface area contributed by atoms with E-state index in [2.05, 4.69) is 39.3 Å². The second-order valence-electron chi connectivity index (χ2n) is 4.95. The lowest BCUT2D eigenvalue weighted by Gasteiger charge is -2.12. The molecule has 3 aromatic heterocycles. The lowest BCUT2D eigenvalue weighted by atomic mass is 10.1. The van der Waals surface area contributed by atoms with Crippen LogP contribution in [-0.4, -0.2) is 38.2 Å². The summed E-state index contributed by atoms with van der Waals surface area (Å²) in [5.74, 6) is 0.467. The topological polar surface area (TPSA) is 77.2 Å². The molecule has 22 heavy (non-hydrogen) atoms. The molecule has 0 fully saturated rings. The average molecular weight is 298 g/mol. The van der Waals surface area contributed by atoms with E-state index in [0.29, 0.717) is 22.9 Å². The van der Waals surface area contributed by atoms with Crippen LogP contribution in [0, 0.1) is 0 Å². The molecule has 0 aliphatic rings. The van der Waals surface area contributed by atoms with E-state index < -0.39 is 0 Å². The van der Waals surface area contributed by atoms with E-state index in [0.717, 1.165) is 12.1 Å². The highest BCUT2D eigenvalue weighted by Gasteiger charge is 2.12. The van der Waals surface area contributed by atoms with Crippen molar-refractivity contribution >= 4 is 5.65 Å². The number of aromatic nitrogens is 5. The van der Waals surface area contributed by atoms with Crippen LogP contribution in [0.2, 0.25) is 0 Å². The number of nitrogens with zero attached hydrogens (tertiary/aromatic N) is 5. The molecule has 0 radical (unpaired) electrons. The van der Waals surface area contributed by atoms with Crippen molar-refractivity contribution in [3.05, 3.63) is 36.4 Å². The number of hydrogen-bond acceptors (Lipinski definition) is 6. The first-order chi connectivity index (χ1) is 10.7. The van der Waals surface area contributed by atoms with Gasteiger partial charge in [0.25, 0.3) is 5.88 Å².